The van der Waals surface area contributed by atoms with Gasteiger partial charge in [-0.15, -0.1) is 0 Å². The summed E-state index contributed by atoms with van der Waals surface area (Å²) in [5, 5.41) is 7.09. The van der Waals surface area contributed by atoms with Gasteiger partial charge in [-0.05, 0) is 20.0 Å². The first-order chi connectivity index (χ1) is 7.32. The molecule has 0 heterocycles. The molecule has 0 saturated carbocycles. The number of nitrogens with two attached hydrogens (primary N) is 2. The molecule has 0 fully saturated rings. The fourth-order valence-electron chi connectivity index (χ4n) is 1.25. The number of guanidine groups is 2. The molecule has 0 aromatic heterocycles. The third kappa shape index (κ3) is 7.05. The van der Waals surface area contributed by atoms with Crippen LogP contribution in [0.5, 0.6) is 0 Å². The number of nitrogens with zero attached hydrogens (tertiary/aromatic N) is 3. The van der Waals surface area contributed by atoms with Crippen LogP contribution in [-0.2, 0) is 0 Å². The first kappa shape index (κ1) is 14.7. The molecule has 0 aromatic rings. The van der Waals surface area contributed by atoms with Gasteiger partial charge in [-0.3, -0.25) is 5.41 Å². The van der Waals surface area contributed by atoms with Crippen molar-refractivity contribution in [2.24, 2.45) is 22.4 Å². The van der Waals surface area contributed by atoms with E-state index in [1.807, 2.05) is 19.0 Å². The minimum atomic E-state index is -0.254. The second-order valence-corrected chi connectivity index (χ2v) is 4.50. The molecule has 0 aliphatic carbocycles. The van der Waals surface area contributed by atoms with Crippen molar-refractivity contribution in [1.29, 1.82) is 5.41 Å². The van der Waals surface area contributed by atoms with E-state index < -0.39 is 0 Å². The Balaban J connectivity index is 4.46. The van der Waals surface area contributed by atoms with Crippen molar-refractivity contribution in [3.8, 4) is 0 Å². The molecule has 5 N–H and O–H groups in total. The van der Waals surface area contributed by atoms with E-state index in [0.717, 1.165) is 19.6 Å². The van der Waals surface area contributed by atoms with Gasteiger partial charge in [-0.1, -0.05) is 13.8 Å². The summed E-state index contributed by atoms with van der Waals surface area (Å²) in [6, 6.07) is 0. The smallest absolute Gasteiger partial charge is 0.215 e. The van der Waals surface area contributed by atoms with Gasteiger partial charge in [-0.2, -0.15) is 4.99 Å². The van der Waals surface area contributed by atoms with Gasteiger partial charge in [0.05, 0.1) is 0 Å². The maximum absolute atomic E-state index is 7.09. The highest BCUT2D eigenvalue weighted by atomic mass is 15.3. The molecule has 16 heavy (non-hydrogen) atoms. The summed E-state index contributed by atoms with van der Waals surface area (Å²) < 4.78 is 0. The van der Waals surface area contributed by atoms with Crippen LogP contribution >= 0.6 is 0 Å². The van der Waals surface area contributed by atoms with Crippen LogP contribution in [0, 0.1) is 11.3 Å². The number of hydrogen-bond acceptors (Lipinski definition) is 2. The zero-order valence-electron chi connectivity index (χ0n) is 10.7. The molecule has 6 heteroatoms. The van der Waals surface area contributed by atoms with Gasteiger partial charge < -0.3 is 21.3 Å². The number of aliphatic imine (C=N–C) groups is 1. The average Bonchev–Trinajstić information content (AvgIpc) is 2.09. The standard InChI is InChI=1S/C10H24N6/c1-8(2)7-16(6-5-15(3)4)10(13)14-9(11)12/h8H,5-7H2,1-4H3,(H5,11,12,13,14). The summed E-state index contributed by atoms with van der Waals surface area (Å²) in [5.74, 6) is 0.557. The van der Waals surface area contributed by atoms with Crippen LogP contribution in [0.15, 0.2) is 4.99 Å². The number of rotatable bonds is 5. The molecular weight excluding hydrogens is 204 g/mol. The highest BCUT2D eigenvalue weighted by Gasteiger charge is 2.10. The highest BCUT2D eigenvalue weighted by Crippen LogP contribution is 1.98. The lowest BCUT2D eigenvalue weighted by atomic mass is 10.2. The lowest BCUT2D eigenvalue weighted by molar-refractivity contribution is 0.305. The van der Waals surface area contributed by atoms with Gasteiger partial charge in [-0.25, -0.2) is 0 Å². The van der Waals surface area contributed by atoms with Crippen molar-refractivity contribution >= 4 is 11.9 Å². The summed E-state index contributed by atoms with van der Waals surface area (Å²) in [6.07, 6.45) is 0. The van der Waals surface area contributed by atoms with Crippen LogP contribution in [0.4, 0.5) is 0 Å². The Hall–Kier alpha value is -1.30. The van der Waals surface area contributed by atoms with E-state index in [9.17, 15) is 0 Å². The quantitative estimate of drug-likeness (QED) is 0.445. The number of hydrogen-bond donors (Lipinski definition) is 3. The zero-order chi connectivity index (χ0) is 12.7. The van der Waals surface area contributed by atoms with E-state index in [1.54, 1.807) is 0 Å². The summed E-state index contributed by atoms with van der Waals surface area (Å²) in [4.78, 5) is 7.80. The van der Waals surface area contributed by atoms with Crippen LogP contribution in [0.1, 0.15) is 13.8 Å². The van der Waals surface area contributed by atoms with Gasteiger partial charge in [0.1, 0.15) is 0 Å². The van der Waals surface area contributed by atoms with E-state index in [4.69, 9.17) is 16.9 Å². The molecule has 94 valence electrons. The Morgan fingerprint density at radius 2 is 1.81 bits per heavy atom. The van der Waals surface area contributed by atoms with Crippen LogP contribution < -0.4 is 11.5 Å². The molecule has 0 aliphatic heterocycles. The molecule has 0 bridgehead atoms. The molecule has 0 aliphatic rings. The zero-order valence-corrected chi connectivity index (χ0v) is 10.7. The van der Waals surface area contributed by atoms with Crippen molar-refractivity contribution in [2.45, 2.75) is 13.8 Å². The summed E-state index contributed by atoms with van der Waals surface area (Å²) in [5.41, 5.74) is 11.0. The SMILES string of the molecule is CC(C)CN(CCN(C)C)/C(N)=N/C(=N)N. The monoisotopic (exact) mass is 228 g/mol. The fourth-order valence-corrected chi connectivity index (χ4v) is 1.25. The van der Waals surface area contributed by atoms with Crippen molar-refractivity contribution in [2.75, 3.05) is 33.7 Å². The first-order valence-electron chi connectivity index (χ1n) is 5.40. The van der Waals surface area contributed by atoms with Crippen LogP contribution in [0.2, 0.25) is 0 Å². The molecule has 6 nitrogen and oxygen atoms in total. The van der Waals surface area contributed by atoms with Crippen LogP contribution in [-0.4, -0.2) is 55.4 Å². The largest absolute Gasteiger partial charge is 0.369 e. The fraction of sp³-hybridized carbons (Fsp3) is 0.800. The minimum absolute atomic E-state index is 0.254. The molecule has 0 amide bonds. The van der Waals surface area contributed by atoms with Crippen LogP contribution in [0.3, 0.4) is 0 Å². The lowest BCUT2D eigenvalue weighted by Gasteiger charge is -2.26. The minimum Gasteiger partial charge on any atom is -0.369 e. The second-order valence-electron chi connectivity index (χ2n) is 4.50. The summed E-state index contributed by atoms with van der Waals surface area (Å²) >= 11 is 0. The normalized spacial score (nSPS) is 12.2. The predicted molar refractivity (Wildman–Crippen MR) is 68.5 cm³/mol. The van der Waals surface area contributed by atoms with Crippen molar-refractivity contribution in [3.05, 3.63) is 0 Å². The molecule has 0 unspecified atom stereocenters. The van der Waals surface area contributed by atoms with Gasteiger partial charge >= 0.3 is 0 Å². The molecule has 0 spiro atoms. The number of nitrogens with one attached hydrogen (secondary N) is 1. The molecule has 0 radical (unpaired) electrons. The first-order valence-corrected chi connectivity index (χ1v) is 5.40. The second kappa shape index (κ2) is 7.05. The van der Waals surface area contributed by atoms with E-state index in [-0.39, 0.29) is 5.96 Å². The van der Waals surface area contributed by atoms with Gasteiger partial charge in [0.25, 0.3) is 0 Å². The van der Waals surface area contributed by atoms with Crippen LogP contribution in [0.25, 0.3) is 0 Å². The van der Waals surface area contributed by atoms with Gasteiger partial charge in [0, 0.05) is 19.6 Å². The van der Waals surface area contributed by atoms with Crippen molar-refractivity contribution < 1.29 is 0 Å². The van der Waals surface area contributed by atoms with Crippen molar-refractivity contribution in [3.63, 3.8) is 0 Å². The predicted octanol–water partition coefficient (Wildman–Crippen LogP) is -0.286. The maximum Gasteiger partial charge on any atom is 0.215 e. The Kier molecular flexibility index (Phi) is 6.48. The molecular formula is C10H24N6. The average molecular weight is 228 g/mol. The van der Waals surface area contributed by atoms with E-state index in [2.05, 4.69) is 23.7 Å². The Bertz CT molecular complexity index is 246. The molecule has 0 atom stereocenters. The lowest BCUT2D eigenvalue weighted by Crippen LogP contribution is -2.44. The summed E-state index contributed by atoms with van der Waals surface area (Å²) in [7, 11) is 4.01. The van der Waals surface area contributed by atoms with Crippen molar-refractivity contribution in [1.82, 2.24) is 9.80 Å². The highest BCUT2D eigenvalue weighted by molar-refractivity contribution is 5.91. The Morgan fingerprint density at radius 3 is 2.19 bits per heavy atom. The van der Waals surface area contributed by atoms with E-state index in [0.29, 0.717) is 11.9 Å². The molecule has 0 aromatic carbocycles. The maximum atomic E-state index is 7.09. The van der Waals surface area contributed by atoms with Gasteiger partial charge in [0.2, 0.25) is 5.96 Å². The third-order valence-electron chi connectivity index (χ3n) is 1.96. The van der Waals surface area contributed by atoms with E-state index in [1.165, 1.54) is 0 Å². The third-order valence-corrected chi connectivity index (χ3v) is 1.96. The molecule has 0 saturated heterocycles. The van der Waals surface area contributed by atoms with Gasteiger partial charge in [0.15, 0.2) is 5.96 Å². The Morgan fingerprint density at radius 1 is 1.25 bits per heavy atom. The summed E-state index contributed by atoms with van der Waals surface area (Å²) in [6.45, 7) is 6.72. The van der Waals surface area contributed by atoms with E-state index >= 15 is 0 Å². The molecule has 0 rings (SSSR count). The Labute approximate surface area is 97.8 Å². The topological polar surface area (TPSA) is 94.7 Å². The number of likely N-dealkylation sites (N-methyl/N-ethyl adjacent to an activating group) is 1.